The summed E-state index contributed by atoms with van der Waals surface area (Å²) in [6, 6.07) is 2.30. The van der Waals surface area contributed by atoms with Crippen LogP contribution in [0.5, 0.6) is 0 Å². The zero-order chi connectivity index (χ0) is 16.6. The molecular weight excluding hydrogens is 368 g/mol. The largest absolute Gasteiger partial charge is 0.439 e. The van der Waals surface area contributed by atoms with E-state index in [1.807, 2.05) is 0 Å². The highest BCUT2D eigenvalue weighted by molar-refractivity contribution is 9.10. The highest BCUT2D eigenvalue weighted by Crippen LogP contribution is 2.54. The second-order valence-electron chi connectivity index (χ2n) is 4.36. The predicted molar refractivity (Wildman–Crippen MR) is 68.2 cm³/mol. The average Bonchev–Trinajstić information content (AvgIpc) is 2.29. The van der Waals surface area contributed by atoms with Gasteiger partial charge in [-0.15, -0.1) is 0 Å². The molecule has 0 radical (unpaired) electrons. The molecule has 1 unspecified atom stereocenters. The van der Waals surface area contributed by atoms with Crippen LogP contribution < -0.4 is 5.32 Å². The first-order valence-corrected chi connectivity index (χ1v) is 6.31. The smallest absolute Gasteiger partial charge is 0.326 e. The molecule has 9 heteroatoms. The monoisotopic (exact) mass is 377 g/mol. The Balaban J connectivity index is 3.27. The molecule has 1 aromatic rings. The van der Waals surface area contributed by atoms with E-state index in [2.05, 4.69) is 5.32 Å². The van der Waals surface area contributed by atoms with Gasteiger partial charge in [0, 0.05) is 18.2 Å². The van der Waals surface area contributed by atoms with E-state index in [0.29, 0.717) is 12.1 Å². The Kier molecular flexibility index (Phi) is 4.67. The van der Waals surface area contributed by atoms with Gasteiger partial charge in [0.05, 0.1) is 0 Å². The molecule has 0 saturated heterocycles. The van der Waals surface area contributed by atoms with Gasteiger partial charge in [0.15, 0.2) is 0 Å². The molecule has 1 atom stereocenters. The van der Waals surface area contributed by atoms with E-state index in [4.69, 9.17) is 0 Å². The third kappa shape index (κ3) is 3.33. The number of nitrogens with one attached hydrogen (secondary N) is 1. The van der Waals surface area contributed by atoms with Gasteiger partial charge >= 0.3 is 16.7 Å². The normalized spacial score (nSPS) is 15.5. The van der Waals surface area contributed by atoms with E-state index < -0.39 is 28.1 Å². The maximum Gasteiger partial charge on any atom is 0.439 e. The van der Waals surface area contributed by atoms with Crippen LogP contribution in [0, 0.1) is 6.92 Å². The van der Waals surface area contributed by atoms with E-state index in [1.54, 1.807) is 0 Å². The van der Waals surface area contributed by atoms with Crippen molar-refractivity contribution in [3.05, 3.63) is 29.3 Å². The molecule has 2 nitrogen and oxygen atoms in total. The van der Waals surface area contributed by atoms with Crippen molar-refractivity contribution in [1.82, 2.24) is 0 Å². The van der Waals surface area contributed by atoms with Crippen LogP contribution in [0.2, 0.25) is 0 Å². The topological polar surface area (TPSA) is 29.1 Å². The van der Waals surface area contributed by atoms with Crippen molar-refractivity contribution >= 4 is 27.5 Å². The number of carbonyl (C=O) groups is 1. The zero-order valence-corrected chi connectivity index (χ0v) is 12.4. The van der Waals surface area contributed by atoms with Crippen LogP contribution in [0.4, 0.5) is 32.0 Å². The summed E-state index contributed by atoms with van der Waals surface area (Å²) in [5.41, 5.74) is -0.938. The summed E-state index contributed by atoms with van der Waals surface area (Å²) in [6.07, 6.45) is -5.80. The van der Waals surface area contributed by atoms with Gasteiger partial charge in [0.2, 0.25) is 5.91 Å². The summed E-state index contributed by atoms with van der Waals surface area (Å²) in [7, 11) is 0. The Morgan fingerprint density at radius 2 is 1.67 bits per heavy atom. The molecule has 0 aliphatic rings. The number of rotatable bonds is 3. The molecular formula is C12H10BrF6NO. The van der Waals surface area contributed by atoms with Crippen molar-refractivity contribution in [3.8, 4) is 0 Å². The molecule has 1 rings (SSSR count). The molecule has 0 aromatic heterocycles. The van der Waals surface area contributed by atoms with Crippen molar-refractivity contribution in [3.63, 3.8) is 0 Å². The fourth-order valence-electron chi connectivity index (χ4n) is 1.55. The summed E-state index contributed by atoms with van der Waals surface area (Å²) < 4.78 is 73.4. The third-order valence-corrected chi connectivity index (χ3v) is 3.60. The summed E-state index contributed by atoms with van der Waals surface area (Å²) in [6.45, 7) is 2.48. The summed E-state index contributed by atoms with van der Waals surface area (Å²) in [4.78, 5) is 10.9. The molecule has 118 valence electrons. The average molecular weight is 378 g/mol. The number of halogens is 7. The Morgan fingerprint density at radius 1 is 1.14 bits per heavy atom. The van der Waals surface area contributed by atoms with Crippen LogP contribution in [0.3, 0.4) is 0 Å². The highest BCUT2D eigenvalue weighted by Gasteiger charge is 2.70. The van der Waals surface area contributed by atoms with E-state index in [0.717, 1.165) is 6.07 Å². The number of hydrogen-bond donors (Lipinski definition) is 1. The van der Waals surface area contributed by atoms with E-state index in [1.165, 1.54) is 29.8 Å². The van der Waals surface area contributed by atoms with Gasteiger partial charge in [-0.1, -0.05) is 6.07 Å². The van der Waals surface area contributed by atoms with Crippen molar-refractivity contribution in [2.24, 2.45) is 0 Å². The Hall–Kier alpha value is -1.25. The first kappa shape index (κ1) is 17.8. The number of carbonyl (C=O) groups excluding carboxylic acids is 1. The van der Waals surface area contributed by atoms with Gasteiger partial charge in [-0.25, -0.2) is 4.39 Å². The molecule has 1 amide bonds. The number of amides is 1. The fraction of sp³-hybridized carbons (Fsp3) is 0.417. The second-order valence-corrected chi connectivity index (χ2v) is 5.45. The van der Waals surface area contributed by atoms with Gasteiger partial charge in [-0.3, -0.25) is 4.79 Å². The molecule has 0 aliphatic carbocycles. The van der Waals surface area contributed by atoms with Gasteiger partial charge in [-0.05, 0) is 40.5 Å². The molecule has 1 N–H and O–H groups in total. The zero-order valence-electron chi connectivity index (χ0n) is 10.8. The molecule has 21 heavy (non-hydrogen) atoms. The van der Waals surface area contributed by atoms with E-state index >= 15 is 0 Å². The van der Waals surface area contributed by atoms with Gasteiger partial charge in [0.25, 0.3) is 0 Å². The lowest BCUT2D eigenvalue weighted by Gasteiger charge is -2.30. The minimum atomic E-state index is -5.80. The SMILES string of the molecule is CC(=O)Nc1ccc(C(F)(F)C(F)(Br)C(F)(F)F)cc1C. The molecule has 0 aliphatic heterocycles. The molecule has 0 saturated carbocycles. The van der Waals surface area contributed by atoms with E-state index in [-0.39, 0.29) is 11.3 Å². The number of aryl methyl sites for hydroxylation is 1. The van der Waals surface area contributed by atoms with Gasteiger partial charge < -0.3 is 5.32 Å². The van der Waals surface area contributed by atoms with Crippen molar-refractivity contribution in [2.45, 2.75) is 30.5 Å². The first-order chi connectivity index (χ1) is 9.30. The first-order valence-electron chi connectivity index (χ1n) is 5.52. The molecule has 1 aromatic carbocycles. The number of alkyl halides is 7. The Morgan fingerprint density at radius 3 is 2.05 bits per heavy atom. The summed E-state index contributed by atoms with van der Waals surface area (Å²) >= 11 is 1.43. The van der Waals surface area contributed by atoms with E-state index in [9.17, 15) is 31.1 Å². The summed E-state index contributed by atoms with van der Waals surface area (Å²) in [5, 5.41) is 2.31. The van der Waals surface area contributed by atoms with Crippen molar-refractivity contribution in [2.75, 3.05) is 5.32 Å². The van der Waals surface area contributed by atoms with Crippen LogP contribution in [-0.4, -0.2) is 16.7 Å². The summed E-state index contributed by atoms with van der Waals surface area (Å²) in [5.74, 6) is -5.32. The predicted octanol–water partition coefficient (Wildman–Crippen LogP) is 4.67. The number of benzene rings is 1. The van der Waals surface area contributed by atoms with Crippen LogP contribution in [-0.2, 0) is 10.7 Å². The fourth-order valence-corrected chi connectivity index (χ4v) is 1.78. The molecule has 0 fully saturated rings. The van der Waals surface area contributed by atoms with Gasteiger partial charge in [-0.2, -0.15) is 22.0 Å². The third-order valence-electron chi connectivity index (χ3n) is 2.65. The lowest BCUT2D eigenvalue weighted by atomic mass is 10.0. The standard InChI is InChI=1S/C12H10BrF6NO/c1-6-5-8(3-4-9(6)20-7(2)21)10(14,15)11(13,16)12(17,18)19/h3-5H,1-2H3,(H,20,21). The highest BCUT2D eigenvalue weighted by atomic mass is 79.9. The number of hydrogen-bond acceptors (Lipinski definition) is 1. The van der Waals surface area contributed by atoms with Crippen molar-refractivity contribution < 1.29 is 31.1 Å². The van der Waals surface area contributed by atoms with Crippen molar-refractivity contribution in [1.29, 1.82) is 0 Å². The second kappa shape index (κ2) is 5.51. The Labute approximate surface area is 124 Å². The maximum absolute atomic E-state index is 13.8. The maximum atomic E-state index is 13.8. The molecule has 0 heterocycles. The van der Waals surface area contributed by atoms with Gasteiger partial charge in [0.1, 0.15) is 0 Å². The van der Waals surface area contributed by atoms with Crippen LogP contribution in [0.1, 0.15) is 18.1 Å². The molecule has 0 bridgehead atoms. The molecule has 0 spiro atoms. The van der Waals surface area contributed by atoms with Crippen LogP contribution in [0.25, 0.3) is 0 Å². The minimum absolute atomic E-state index is 0.0767. The lowest BCUT2D eigenvalue weighted by Crippen LogP contribution is -2.48. The lowest BCUT2D eigenvalue weighted by molar-refractivity contribution is -0.262. The number of anilines is 1. The quantitative estimate of drug-likeness (QED) is 0.601. The van der Waals surface area contributed by atoms with Crippen LogP contribution >= 0.6 is 15.9 Å². The Bertz CT molecular complexity index is 555. The minimum Gasteiger partial charge on any atom is -0.326 e. The van der Waals surface area contributed by atoms with Crippen LogP contribution in [0.15, 0.2) is 18.2 Å².